The second kappa shape index (κ2) is 5.19. The topological polar surface area (TPSA) is 63.3 Å². The number of aromatic carboxylic acids is 1. The first-order valence-electron chi connectivity index (χ1n) is 5.69. The molecule has 0 bridgehead atoms. The number of rotatable bonds is 3. The second-order valence-corrected chi connectivity index (χ2v) is 5.48. The van der Waals surface area contributed by atoms with E-state index in [0.29, 0.717) is 21.3 Å². The molecule has 0 aliphatic heterocycles. The van der Waals surface area contributed by atoms with Gasteiger partial charge >= 0.3 is 5.97 Å². The molecule has 0 fully saturated rings. The van der Waals surface area contributed by atoms with Crippen LogP contribution >= 0.6 is 23.4 Å². The van der Waals surface area contributed by atoms with Gasteiger partial charge in [-0.3, -0.25) is 0 Å². The van der Waals surface area contributed by atoms with Gasteiger partial charge in [0.2, 0.25) is 0 Å². The van der Waals surface area contributed by atoms with Crippen molar-refractivity contribution >= 4 is 40.4 Å². The number of fused-ring (bicyclic) bond motifs is 1. The molecule has 0 unspecified atom stereocenters. The van der Waals surface area contributed by atoms with Crippen LogP contribution in [0.15, 0.2) is 57.0 Å². The predicted molar refractivity (Wildman–Crippen MR) is 76.5 cm³/mol. The molecule has 2 aromatic carbocycles. The Bertz CT molecular complexity index is 783. The van der Waals surface area contributed by atoms with Crippen molar-refractivity contribution in [3.63, 3.8) is 0 Å². The number of carboxylic acid groups (broad SMARTS) is 1. The van der Waals surface area contributed by atoms with Crippen molar-refractivity contribution in [3.8, 4) is 0 Å². The summed E-state index contributed by atoms with van der Waals surface area (Å²) in [4.78, 5) is 16.1. The molecule has 1 heterocycles. The van der Waals surface area contributed by atoms with Gasteiger partial charge in [0.1, 0.15) is 5.52 Å². The van der Waals surface area contributed by atoms with Gasteiger partial charge in [-0.15, -0.1) is 0 Å². The first-order valence-corrected chi connectivity index (χ1v) is 6.88. The summed E-state index contributed by atoms with van der Waals surface area (Å²) < 4.78 is 5.55. The molecule has 0 aliphatic carbocycles. The molecule has 3 aromatic rings. The molecule has 0 amide bonds. The number of nitrogens with zero attached hydrogens (tertiary/aromatic N) is 1. The molecule has 0 spiro atoms. The van der Waals surface area contributed by atoms with Gasteiger partial charge in [-0.2, -0.15) is 0 Å². The molecule has 20 heavy (non-hydrogen) atoms. The van der Waals surface area contributed by atoms with Crippen molar-refractivity contribution < 1.29 is 14.3 Å². The van der Waals surface area contributed by atoms with Gasteiger partial charge in [0.05, 0.1) is 5.56 Å². The first-order chi connectivity index (χ1) is 9.61. The van der Waals surface area contributed by atoms with E-state index in [1.165, 1.54) is 23.9 Å². The molecule has 0 atom stereocenters. The Balaban J connectivity index is 1.92. The zero-order valence-corrected chi connectivity index (χ0v) is 11.6. The molecular formula is C14H8ClNO3S. The fourth-order valence-electron chi connectivity index (χ4n) is 1.68. The van der Waals surface area contributed by atoms with Gasteiger partial charge < -0.3 is 9.52 Å². The summed E-state index contributed by atoms with van der Waals surface area (Å²) in [6, 6.07) is 11.9. The van der Waals surface area contributed by atoms with Crippen molar-refractivity contribution in [2.24, 2.45) is 0 Å². The van der Waals surface area contributed by atoms with E-state index < -0.39 is 5.97 Å². The number of halogens is 1. The average Bonchev–Trinajstić information content (AvgIpc) is 2.82. The van der Waals surface area contributed by atoms with Crippen molar-refractivity contribution in [1.29, 1.82) is 0 Å². The molecule has 1 N–H and O–H groups in total. The molecule has 100 valence electrons. The fraction of sp³-hybridized carbons (Fsp3) is 0. The summed E-state index contributed by atoms with van der Waals surface area (Å²) in [7, 11) is 0. The maximum absolute atomic E-state index is 10.9. The van der Waals surface area contributed by atoms with Crippen molar-refractivity contribution in [2.75, 3.05) is 0 Å². The largest absolute Gasteiger partial charge is 0.478 e. The molecule has 3 rings (SSSR count). The molecule has 0 saturated heterocycles. The minimum atomic E-state index is -0.991. The number of carbonyl (C=O) groups is 1. The lowest BCUT2D eigenvalue weighted by Gasteiger charge is -1.95. The van der Waals surface area contributed by atoms with E-state index in [4.69, 9.17) is 21.1 Å². The third-order valence-electron chi connectivity index (χ3n) is 2.63. The van der Waals surface area contributed by atoms with Crippen LogP contribution in [0, 0.1) is 0 Å². The third kappa shape index (κ3) is 2.64. The number of carboxylic acids is 1. The molecular weight excluding hydrogens is 298 g/mol. The summed E-state index contributed by atoms with van der Waals surface area (Å²) in [5.41, 5.74) is 1.27. The zero-order valence-electron chi connectivity index (χ0n) is 10.0. The smallest absolute Gasteiger partial charge is 0.335 e. The lowest BCUT2D eigenvalue weighted by atomic mass is 10.2. The minimum absolute atomic E-state index is 0.177. The second-order valence-electron chi connectivity index (χ2n) is 4.02. The van der Waals surface area contributed by atoms with E-state index in [9.17, 15) is 4.79 Å². The zero-order chi connectivity index (χ0) is 14.1. The van der Waals surface area contributed by atoms with Gasteiger partial charge in [-0.05, 0) is 54.2 Å². The van der Waals surface area contributed by atoms with Crippen molar-refractivity contribution in [3.05, 3.63) is 53.1 Å². The van der Waals surface area contributed by atoms with Crippen molar-refractivity contribution in [2.45, 2.75) is 10.1 Å². The van der Waals surface area contributed by atoms with Crippen LogP contribution in [0.1, 0.15) is 10.4 Å². The van der Waals surface area contributed by atoms with Crippen LogP contribution in [-0.2, 0) is 0 Å². The van der Waals surface area contributed by atoms with E-state index in [1.807, 2.05) is 12.1 Å². The lowest BCUT2D eigenvalue weighted by Crippen LogP contribution is -1.94. The van der Waals surface area contributed by atoms with Crippen LogP contribution in [0.3, 0.4) is 0 Å². The van der Waals surface area contributed by atoms with Crippen LogP contribution in [0.5, 0.6) is 0 Å². The van der Waals surface area contributed by atoms with E-state index in [0.717, 1.165) is 4.90 Å². The van der Waals surface area contributed by atoms with Crippen LogP contribution in [-0.4, -0.2) is 16.1 Å². The highest BCUT2D eigenvalue weighted by Gasteiger charge is 2.10. The number of aromatic nitrogens is 1. The van der Waals surface area contributed by atoms with E-state index in [2.05, 4.69) is 4.98 Å². The van der Waals surface area contributed by atoms with Crippen LogP contribution < -0.4 is 0 Å². The Labute approximate surface area is 123 Å². The molecule has 0 radical (unpaired) electrons. The maximum Gasteiger partial charge on any atom is 0.335 e. The van der Waals surface area contributed by atoms with Gasteiger partial charge in [0.15, 0.2) is 5.58 Å². The highest BCUT2D eigenvalue weighted by Crippen LogP contribution is 2.30. The Morgan fingerprint density at radius 2 is 1.95 bits per heavy atom. The summed E-state index contributed by atoms with van der Waals surface area (Å²) in [6.07, 6.45) is 0. The number of oxazole rings is 1. The van der Waals surface area contributed by atoms with Crippen LogP contribution in [0.4, 0.5) is 0 Å². The SMILES string of the molecule is O=C(O)c1ccc2nc(Sc3ccc(Cl)cc3)oc2c1. The molecule has 0 aliphatic rings. The van der Waals surface area contributed by atoms with Crippen LogP contribution in [0.2, 0.25) is 5.02 Å². The Morgan fingerprint density at radius 1 is 1.20 bits per heavy atom. The Kier molecular flexibility index (Phi) is 3.38. The predicted octanol–water partition coefficient (Wildman–Crippen LogP) is 4.33. The van der Waals surface area contributed by atoms with Crippen LogP contribution in [0.25, 0.3) is 11.1 Å². The average molecular weight is 306 g/mol. The number of benzene rings is 2. The Morgan fingerprint density at radius 3 is 2.65 bits per heavy atom. The molecule has 1 aromatic heterocycles. The molecule has 6 heteroatoms. The molecule has 4 nitrogen and oxygen atoms in total. The highest BCUT2D eigenvalue weighted by molar-refractivity contribution is 7.99. The Hall–Kier alpha value is -1.98. The normalized spacial score (nSPS) is 10.8. The number of hydrogen-bond acceptors (Lipinski definition) is 4. The third-order valence-corrected chi connectivity index (χ3v) is 3.74. The minimum Gasteiger partial charge on any atom is -0.478 e. The highest BCUT2D eigenvalue weighted by atomic mass is 35.5. The summed E-state index contributed by atoms with van der Waals surface area (Å²) in [6.45, 7) is 0. The van der Waals surface area contributed by atoms with E-state index in [1.54, 1.807) is 18.2 Å². The van der Waals surface area contributed by atoms with E-state index in [-0.39, 0.29) is 5.56 Å². The maximum atomic E-state index is 10.9. The van der Waals surface area contributed by atoms with Gasteiger partial charge in [-0.1, -0.05) is 11.6 Å². The van der Waals surface area contributed by atoms with E-state index >= 15 is 0 Å². The summed E-state index contributed by atoms with van der Waals surface area (Å²) in [5, 5.41) is 10.1. The first kappa shape index (κ1) is 13.0. The van der Waals surface area contributed by atoms with Crippen molar-refractivity contribution in [1.82, 2.24) is 4.98 Å². The quantitative estimate of drug-likeness (QED) is 0.780. The monoisotopic (exact) mass is 305 g/mol. The standard InChI is InChI=1S/C14H8ClNO3S/c15-9-2-4-10(5-3-9)20-14-16-11-6-1-8(13(17)18)7-12(11)19-14/h1-7H,(H,17,18). The summed E-state index contributed by atoms with van der Waals surface area (Å²) >= 11 is 7.17. The van der Waals surface area contributed by atoms with Gasteiger partial charge in [0.25, 0.3) is 5.22 Å². The fourth-order valence-corrected chi connectivity index (χ4v) is 2.56. The summed E-state index contributed by atoms with van der Waals surface area (Å²) in [5.74, 6) is -0.991. The lowest BCUT2D eigenvalue weighted by molar-refractivity contribution is 0.0697. The molecule has 0 saturated carbocycles. The van der Waals surface area contributed by atoms with Gasteiger partial charge in [0, 0.05) is 9.92 Å². The number of hydrogen-bond donors (Lipinski definition) is 1. The van der Waals surface area contributed by atoms with Gasteiger partial charge in [-0.25, -0.2) is 9.78 Å².